The molecule has 1 fully saturated rings. The minimum atomic E-state index is -0.350. The Balaban J connectivity index is 1.15. The fourth-order valence-corrected chi connectivity index (χ4v) is 5.67. The molecule has 1 aromatic rings. The van der Waals surface area contributed by atoms with Gasteiger partial charge in [-0.05, 0) is 19.3 Å². The van der Waals surface area contributed by atoms with Crippen LogP contribution in [0.15, 0.2) is 0 Å². The van der Waals surface area contributed by atoms with E-state index in [9.17, 15) is 10.2 Å². The Morgan fingerprint density at radius 3 is 1.80 bits per heavy atom. The molecule has 0 radical (unpaired) electrons. The number of hydrogen-bond acceptors (Lipinski definition) is 3. The highest BCUT2D eigenvalue weighted by molar-refractivity contribution is 5.53. The molecule has 0 aromatic carbocycles. The van der Waals surface area contributed by atoms with Gasteiger partial charge in [-0.3, -0.25) is 4.98 Å². The van der Waals surface area contributed by atoms with Crippen LogP contribution in [0.5, 0.6) is 11.8 Å². The molecule has 2 unspecified atom stereocenters. The quantitative estimate of drug-likeness (QED) is 0.223. The van der Waals surface area contributed by atoms with Gasteiger partial charge in [0.1, 0.15) is 0 Å². The molecule has 4 nitrogen and oxygen atoms in total. The molecule has 0 amide bonds. The van der Waals surface area contributed by atoms with E-state index in [0.717, 1.165) is 36.8 Å². The summed E-state index contributed by atoms with van der Waals surface area (Å²) in [6, 6.07) is 0. The summed E-state index contributed by atoms with van der Waals surface area (Å²) >= 11 is 0. The fraction of sp³-hybridized carbons (Fsp3) is 0.846. The number of hydrogen-bond donors (Lipinski definition) is 3. The molecule has 1 aromatic heterocycles. The Bertz CT molecular complexity index is 626. The van der Waals surface area contributed by atoms with Crippen molar-refractivity contribution in [2.45, 2.75) is 141 Å². The zero-order valence-electron chi connectivity index (χ0n) is 19.3. The topological polar surface area (TPSA) is 65.5 Å². The van der Waals surface area contributed by atoms with Crippen molar-refractivity contribution in [1.29, 1.82) is 0 Å². The van der Waals surface area contributed by atoms with Crippen LogP contribution in [0.4, 0.5) is 0 Å². The molecule has 0 saturated carbocycles. The van der Waals surface area contributed by atoms with Gasteiger partial charge >= 0.3 is 0 Å². The van der Waals surface area contributed by atoms with E-state index in [2.05, 4.69) is 11.9 Å². The van der Waals surface area contributed by atoms with Gasteiger partial charge < -0.3 is 14.9 Å². The van der Waals surface area contributed by atoms with Gasteiger partial charge in [0.05, 0.1) is 22.8 Å². The van der Waals surface area contributed by atoms with Crippen LogP contribution < -0.4 is 0 Å². The zero-order chi connectivity index (χ0) is 21.2. The Kier molecular flexibility index (Phi) is 9.42. The molecule has 0 aliphatic carbocycles. The third kappa shape index (κ3) is 5.96. The van der Waals surface area contributed by atoms with Gasteiger partial charge in [-0.25, -0.2) is 0 Å². The maximum absolute atomic E-state index is 10.2. The number of aromatic nitrogens is 1. The van der Waals surface area contributed by atoms with Crippen LogP contribution in [-0.4, -0.2) is 15.2 Å². The van der Waals surface area contributed by atoms with Gasteiger partial charge in [-0.15, -0.1) is 0 Å². The zero-order valence-corrected chi connectivity index (χ0v) is 19.3. The minimum Gasteiger partial charge on any atom is -0.494 e. The molecule has 2 bridgehead atoms. The minimum absolute atomic E-state index is 0.0294. The monoisotopic (exact) mass is 419 g/mol. The first-order chi connectivity index (χ1) is 14.7. The van der Waals surface area contributed by atoms with E-state index in [0.29, 0.717) is 0 Å². The van der Waals surface area contributed by atoms with E-state index in [-0.39, 0.29) is 23.5 Å². The first kappa shape index (κ1) is 23.5. The highest BCUT2D eigenvalue weighted by Crippen LogP contribution is 2.61. The molecule has 2 aliphatic heterocycles. The highest BCUT2D eigenvalue weighted by Gasteiger charge is 2.54. The van der Waals surface area contributed by atoms with E-state index >= 15 is 0 Å². The van der Waals surface area contributed by atoms with Crippen molar-refractivity contribution in [1.82, 2.24) is 4.98 Å². The third-order valence-corrected chi connectivity index (χ3v) is 7.39. The van der Waals surface area contributed by atoms with Crippen molar-refractivity contribution in [2.75, 3.05) is 0 Å². The number of rotatable bonds is 17. The summed E-state index contributed by atoms with van der Waals surface area (Å²) in [5.41, 5.74) is 1.31. The summed E-state index contributed by atoms with van der Waals surface area (Å²) in [7, 11) is 0. The predicted molar refractivity (Wildman–Crippen MR) is 123 cm³/mol. The SMILES string of the molecule is CCCCCCCCCCCCCCCCCCC12CCC(O1)c1c(O)[nH]c(O)c12. The van der Waals surface area contributed by atoms with Crippen LogP contribution in [0.25, 0.3) is 0 Å². The maximum Gasteiger partial charge on any atom is 0.197 e. The van der Waals surface area contributed by atoms with Crippen LogP contribution >= 0.6 is 0 Å². The molecule has 1 saturated heterocycles. The lowest BCUT2D eigenvalue weighted by molar-refractivity contribution is -0.0311. The van der Waals surface area contributed by atoms with Gasteiger partial charge in [0, 0.05) is 0 Å². The van der Waals surface area contributed by atoms with Crippen molar-refractivity contribution in [3.8, 4) is 11.8 Å². The Labute approximate surface area is 183 Å². The number of aromatic hydroxyl groups is 2. The molecule has 2 aliphatic rings. The molecular formula is C26H45NO3. The highest BCUT2D eigenvalue weighted by atomic mass is 16.5. The number of fused-ring (bicyclic) bond motifs is 5. The molecular weight excluding hydrogens is 374 g/mol. The van der Waals surface area contributed by atoms with Gasteiger partial charge in [-0.2, -0.15) is 0 Å². The maximum atomic E-state index is 10.2. The Hall–Kier alpha value is -1.16. The molecule has 3 heterocycles. The van der Waals surface area contributed by atoms with Crippen molar-refractivity contribution in [3.05, 3.63) is 11.1 Å². The van der Waals surface area contributed by atoms with E-state index in [1.54, 1.807) is 0 Å². The second kappa shape index (κ2) is 12.0. The molecule has 30 heavy (non-hydrogen) atoms. The van der Waals surface area contributed by atoms with Crippen LogP contribution in [0.1, 0.15) is 146 Å². The molecule has 2 atom stereocenters. The second-order valence-corrected chi connectivity index (χ2v) is 9.80. The van der Waals surface area contributed by atoms with Gasteiger partial charge in [0.15, 0.2) is 11.8 Å². The van der Waals surface area contributed by atoms with Crippen LogP contribution in [0.2, 0.25) is 0 Å². The summed E-state index contributed by atoms with van der Waals surface area (Å²) in [6.45, 7) is 2.28. The fourth-order valence-electron chi connectivity index (χ4n) is 5.67. The smallest absolute Gasteiger partial charge is 0.197 e. The van der Waals surface area contributed by atoms with Crippen molar-refractivity contribution in [2.24, 2.45) is 0 Å². The van der Waals surface area contributed by atoms with Crippen molar-refractivity contribution >= 4 is 0 Å². The summed E-state index contributed by atoms with van der Waals surface area (Å²) in [6.07, 6.45) is 24.9. The van der Waals surface area contributed by atoms with Crippen molar-refractivity contribution in [3.63, 3.8) is 0 Å². The van der Waals surface area contributed by atoms with Crippen LogP contribution in [-0.2, 0) is 10.3 Å². The lowest BCUT2D eigenvalue weighted by Crippen LogP contribution is -2.22. The first-order valence-electron chi connectivity index (χ1n) is 13.0. The number of unbranched alkanes of at least 4 members (excludes halogenated alkanes) is 15. The van der Waals surface area contributed by atoms with E-state index < -0.39 is 0 Å². The van der Waals surface area contributed by atoms with Crippen LogP contribution in [0.3, 0.4) is 0 Å². The van der Waals surface area contributed by atoms with Crippen molar-refractivity contribution < 1.29 is 14.9 Å². The number of nitrogens with one attached hydrogen (secondary N) is 1. The number of ether oxygens (including phenoxy) is 1. The summed E-state index contributed by atoms with van der Waals surface area (Å²) in [5.74, 6) is 0.210. The first-order valence-corrected chi connectivity index (χ1v) is 13.0. The molecule has 4 heteroatoms. The van der Waals surface area contributed by atoms with Gasteiger partial charge in [0.25, 0.3) is 0 Å². The predicted octanol–water partition coefficient (Wildman–Crippen LogP) is 8.14. The summed E-state index contributed by atoms with van der Waals surface area (Å²) in [5, 5.41) is 20.2. The number of H-pyrrole nitrogens is 1. The second-order valence-electron chi connectivity index (χ2n) is 9.80. The molecule has 172 valence electrons. The van der Waals surface area contributed by atoms with E-state index in [4.69, 9.17) is 4.74 Å². The lowest BCUT2D eigenvalue weighted by atomic mass is 9.81. The Morgan fingerprint density at radius 2 is 1.27 bits per heavy atom. The van der Waals surface area contributed by atoms with Gasteiger partial charge in [-0.1, -0.05) is 110 Å². The molecule has 3 rings (SSSR count). The molecule has 3 N–H and O–H groups in total. The lowest BCUT2D eigenvalue weighted by Gasteiger charge is -2.25. The summed E-state index contributed by atoms with van der Waals surface area (Å²) < 4.78 is 6.22. The van der Waals surface area contributed by atoms with E-state index in [1.807, 2.05) is 0 Å². The average molecular weight is 420 g/mol. The van der Waals surface area contributed by atoms with Crippen LogP contribution in [0, 0.1) is 0 Å². The Morgan fingerprint density at radius 1 is 0.767 bits per heavy atom. The number of aromatic amines is 1. The molecule has 0 spiro atoms. The third-order valence-electron chi connectivity index (χ3n) is 7.39. The largest absolute Gasteiger partial charge is 0.494 e. The van der Waals surface area contributed by atoms with E-state index in [1.165, 1.54) is 96.3 Å². The average Bonchev–Trinajstić information content (AvgIpc) is 3.39. The normalized spacial score (nSPS) is 22.1. The van der Waals surface area contributed by atoms with Gasteiger partial charge in [0.2, 0.25) is 0 Å². The standard InChI is InChI=1S/C26H45NO3/c1-2-3-4-5-6-7-8-9-10-11-12-13-14-15-16-17-19-26-20-18-21(30-26)22-23(26)25(29)27-24(22)28/h21,27-29H,2-20H2,1H3. The summed E-state index contributed by atoms with van der Waals surface area (Å²) in [4.78, 5) is 2.69.